The van der Waals surface area contributed by atoms with Crippen molar-refractivity contribution in [2.24, 2.45) is 0 Å². The van der Waals surface area contributed by atoms with Gasteiger partial charge in [-0.25, -0.2) is 0 Å². The summed E-state index contributed by atoms with van der Waals surface area (Å²) in [5.74, 6) is 0.432. The zero-order valence-corrected chi connectivity index (χ0v) is 17.8. The van der Waals surface area contributed by atoms with E-state index in [4.69, 9.17) is 23.2 Å². The van der Waals surface area contributed by atoms with Gasteiger partial charge in [0.1, 0.15) is 0 Å². The van der Waals surface area contributed by atoms with E-state index in [0.717, 1.165) is 25.8 Å². The molecule has 1 aliphatic rings. The first-order valence-electron chi connectivity index (χ1n) is 10.3. The molecule has 0 aliphatic heterocycles. The molecule has 3 heteroatoms. The van der Waals surface area contributed by atoms with E-state index >= 15 is 0 Å². The van der Waals surface area contributed by atoms with Crippen molar-refractivity contribution in [3.63, 3.8) is 0 Å². The maximum Gasteiger partial charge on any atom is 0.0568 e. The van der Waals surface area contributed by atoms with Crippen LogP contribution in [0.3, 0.4) is 0 Å². The number of benzene rings is 2. The monoisotopic (exact) mass is 403 g/mol. The first-order valence-corrected chi connectivity index (χ1v) is 11.2. The molecular weight excluding hydrogens is 373 g/mol. The van der Waals surface area contributed by atoms with Gasteiger partial charge in [0.15, 0.2) is 0 Å². The summed E-state index contributed by atoms with van der Waals surface area (Å²) in [6.07, 6.45) is 5.70. The van der Waals surface area contributed by atoms with Crippen molar-refractivity contribution in [1.82, 2.24) is 4.90 Å². The molecule has 0 bridgehead atoms. The third kappa shape index (κ3) is 5.98. The molecule has 2 aromatic carbocycles. The third-order valence-electron chi connectivity index (χ3n) is 5.66. The van der Waals surface area contributed by atoms with E-state index in [2.05, 4.69) is 66.4 Å². The molecule has 0 saturated heterocycles. The molecule has 3 unspecified atom stereocenters. The summed E-state index contributed by atoms with van der Waals surface area (Å²) in [7, 11) is 0. The zero-order valence-electron chi connectivity index (χ0n) is 16.3. The van der Waals surface area contributed by atoms with E-state index in [1.54, 1.807) is 0 Å². The topological polar surface area (TPSA) is 3.24 Å². The summed E-state index contributed by atoms with van der Waals surface area (Å²) in [6.45, 7) is 5.77. The molecule has 0 spiro atoms. The number of rotatable bonds is 10. The van der Waals surface area contributed by atoms with Crippen LogP contribution in [0.4, 0.5) is 0 Å². The Balaban J connectivity index is 1.42. The molecule has 3 rings (SSSR count). The summed E-state index contributed by atoms with van der Waals surface area (Å²) in [5, 5.41) is 0.224. The molecule has 0 heterocycles. The van der Waals surface area contributed by atoms with Gasteiger partial charge < -0.3 is 4.90 Å². The second kappa shape index (κ2) is 10.5. The first-order chi connectivity index (χ1) is 13.2. The van der Waals surface area contributed by atoms with Crippen LogP contribution in [0.25, 0.3) is 0 Å². The van der Waals surface area contributed by atoms with Gasteiger partial charge in [-0.3, -0.25) is 0 Å². The Morgan fingerprint density at radius 1 is 0.852 bits per heavy atom. The highest BCUT2D eigenvalue weighted by atomic mass is 35.5. The van der Waals surface area contributed by atoms with Crippen LogP contribution in [0, 0.1) is 0 Å². The summed E-state index contributed by atoms with van der Waals surface area (Å²) in [4.78, 5) is 2.61. The van der Waals surface area contributed by atoms with Crippen LogP contribution in [0.2, 0.25) is 0 Å². The normalized spacial score (nSPS) is 22.0. The van der Waals surface area contributed by atoms with Crippen LogP contribution in [-0.4, -0.2) is 35.3 Å². The molecule has 2 aromatic rings. The molecule has 1 aliphatic carbocycles. The minimum Gasteiger partial charge on any atom is -0.303 e. The Morgan fingerprint density at radius 3 is 2.19 bits per heavy atom. The minimum absolute atomic E-state index is 0.0877. The summed E-state index contributed by atoms with van der Waals surface area (Å²) in [6, 6.07) is 19.8. The molecule has 1 saturated carbocycles. The number of hydrogen-bond acceptors (Lipinski definition) is 1. The SMILES string of the molecule is CCCN(CCCc1ccc(C2CC(Cl)C2Cl)cc1)CCc1ccccc1. The van der Waals surface area contributed by atoms with Crippen molar-refractivity contribution < 1.29 is 0 Å². The Labute approximate surface area is 174 Å². The minimum atomic E-state index is 0.0877. The van der Waals surface area contributed by atoms with Crippen LogP contribution in [0.5, 0.6) is 0 Å². The highest BCUT2D eigenvalue weighted by Gasteiger charge is 2.39. The quantitative estimate of drug-likeness (QED) is 0.422. The van der Waals surface area contributed by atoms with Gasteiger partial charge in [0.05, 0.1) is 10.8 Å². The summed E-state index contributed by atoms with van der Waals surface area (Å²) < 4.78 is 0. The summed E-state index contributed by atoms with van der Waals surface area (Å²) >= 11 is 12.5. The molecule has 1 nitrogen and oxygen atoms in total. The van der Waals surface area contributed by atoms with Crippen LogP contribution in [-0.2, 0) is 12.8 Å². The van der Waals surface area contributed by atoms with Crippen LogP contribution in [0.15, 0.2) is 54.6 Å². The largest absolute Gasteiger partial charge is 0.303 e. The van der Waals surface area contributed by atoms with Gasteiger partial charge in [-0.1, -0.05) is 61.5 Å². The molecule has 0 radical (unpaired) electrons. The average molecular weight is 404 g/mol. The second-order valence-corrected chi connectivity index (χ2v) is 8.79. The van der Waals surface area contributed by atoms with E-state index in [1.807, 2.05) is 0 Å². The lowest BCUT2D eigenvalue weighted by Crippen LogP contribution is -2.36. The fraction of sp³-hybridized carbons (Fsp3) is 0.500. The Hall–Kier alpha value is -1.02. The van der Waals surface area contributed by atoms with Gasteiger partial charge in [-0.15, -0.1) is 23.2 Å². The Morgan fingerprint density at radius 2 is 1.56 bits per heavy atom. The molecule has 3 atom stereocenters. The molecule has 146 valence electrons. The molecule has 0 amide bonds. The van der Waals surface area contributed by atoms with E-state index in [9.17, 15) is 0 Å². The van der Waals surface area contributed by atoms with Crippen molar-refractivity contribution in [2.45, 2.75) is 55.7 Å². The van der Waals surface area contributed by atoms with Crippen molar-refractivity contribution in [1.29, 1.82) is 0 Å². The molecule has 0 aromatic heterocycles. The smallest absolute Gasteiger partial charge is 0.0568 e. The van der Waals surface area contributed by atoms with Crippen LogP contribution >= 0.6 is 23.2 Å². The van der Waals surface area contributed by atoms with Gasteiger partial charge in [0, 0.05) is 12.5 Å². The highest BCUT2D eigenvalue weighted by Crippen LogP contribution is 2.44. The van der Waals surface area contributed by atoms with E-state index in [0.29, 0.717) is 5.92 Å². The number of aryl methyl sites for hydroxylation is 1. The van der Waals surface area contributed by atoms with Crippen LogP contribution in [0.1, 0.15) is 48.8 Å². The standard InChI is InChI=1S/C24H31Cl2N/c1-2-15-27(17-14-19-7-4-3-5-8-19)16-6-9-20-10-12-21(13-11-20)22-18-23(25)24(22)26/h3-5,7-8,10-13,22-24H,2,6,9,14-18H2,1H3. The summed E-state index contributed by atoms with van der Waals surface area (Å²) in [5.41, 5.74) is 4.19. The number of halogens is 2. The van der Waals surface area contributed by atoms with Gasteiger partial charge >= 0.3 is 0 Å². The van der Waals surface area contributed by atoms with Crippen molar-refractivity contribution in [3.8, 4) is 0 Å². The number of hydrogen-bond donors (Lipinski definition) is 0. The van der Waals surface area contributed by atoms with E-state index < -0.39 is 0 Å². The fourth-order valence-corrected chi connectivity index (χ4v) is 4.62. The molecular formula is C24H31Cl2N. The average Bonchev–Trinajstić information content (AvgIpc) is 2.71. The lowest BCUT2D eigenvalue weighted by Gasteiger charge is -2.37. The van der Waals surface area contributed by atoms with Crippen molar-refractivity contribution in [3.05, 3.63) is 71.3 Å². The van der Waals surface area contributed by atoms with Gasteiger partial charge in [-0.2, -0.15) is 0 Å². The lowest BCUT2D eigenvalue weighted by atomic mass is 9.78. The van der Waals surface area contributed by atoms with E-state index in [-0.39, 0.29) is 10.8 Å². The van der Waals surface area contributed by atoms with E-state index in [1.165, 1.54) is 42.6 Å². The third-order valence-corrected chi connectivity index (χ3v) is 6.84. The van der Waals surface area contributed by atoms with Crippen molar-refractivity contribution in [2.75, 3.05) is 19.6 Å². The number of nitrogens with zero attached hydrogens (tertiary/aromatic N) is 1. The molecule has 0 N–H and O–H groups in total. The van der Waals surface area contributed by atoms with Gasteiger partial charge in [0.25, 0.3) is 0 Å². The van der Waals surface area contributed by atoms with Gasteiger partial charge in [-0.05, 0) is 61.9 Å². The Bertz CT molecular complexity index is 671. The Kier molecular flexibility index (Phi) is 8.06. The molecule has 27 heavy (non-hydrogen) atoms. The maximum atomic E-state index is 6.32. The van der Waals surface area contributed by atoms with Crippen LogP contribution < -0.4 is 0 Å². The zero-order chi connectivity index (χ0) is 19.1. The highest BCUT2D eigenvalue weighted by molar-refractivity contribution is 6.31. The predicted octanol–water partition coefficient (Wildman–Crippen LogP) is 6.28. The maximum absolute atomic E-state index is 6.32. The first kappa shape index (κ1) is 20.7. The second-order valence-electron chi connectivity index (χ2n) is 7.72. The molecule has 1 fully saturated rings. The fourth-order valence-electron chi connectivity index (χ4n) is 3.90. The van der Waals surface area contributed by atoms with Gasteiger partial charge in [0.2, 0.25) is 0 Å². The lowest BCUT2D eigenvalue weighted by molar-refractivity contribution is 0.274. The number of alkyl halides is 2. The predicted molar refractivity (Wildman–Crippen MR) is 118 cm³/mol. The van der Waals surface area contributed by atoms with Crippen molar-refractivity contribution >= 4 is 23.2 Å².